The van der Waals surface area contributed by atoms with Crippen LogP contribution in [0.1, 0.15) is 21.6 Å². The summed E-state index contributed by atoms with van der Waals surface area (Å²) in [6, 6.07) is 18.9. The van der Waals surface area contributed by atoms with E-state index >= 15 is 0 Å². The molecule has 29 heavy (non-hydrogen) atoms. The second-order valence-corrected chi connectivity index (χ2v) is 6.73. The van der Waals surface area contributed by atoms with Crippen LogP contribution < -0.4 is 4.74 Å². The molecule has 3 aromatic carbocycles. The summed E-state index contributed by atoms with van der Waals surface area (Å²) in [5.41, 5.74) is 4.41. The van der Waals surface area contributed by atoms with Crippen molar-refractivity contribution in [3.05, 3.63) is 102 Å². The Kier molecular flexibility index (Phi) is 4.96. The van der Waals surface area contributed by atoms with Crippen LogP contribution in [0, 0.1) is 12.7 Å². The summed E-state index contributed by atoms with van der Waals surface area (Å²) >= 11 is 0. The third-order valence-electron chi connectivity index (χ3n) is 4.74. The Morgan fingerprint density at radius 2 is 1.72 bits per heavy atom. The van der Waals surface area contributed by atoms with Crippen LogP contribution in [0.15, 0.2) is 79.3 Å². The maximum atomic E-state index is 13.4. The van der Waals surface area contributed by atoms with Crippen molar-refractivity contribution < 1.29 is 13.9 Å². The Balaban J connectivity index is 1.62. The van der Waals surface area contributed by atoms with E-state index in [1.54, 1.807) is 43.8 Å². The Labute approximate surface area is 168 Å². The standard InChI is InChI=1S/C24H19FN2O2/c1-16-14-27(15-26-16)22-11-10-20(13-23(22)29-2)24(28)18-8-6-17(7-9-18)19-4-3-5-21(25)12-19/h3-15H,1-2H3. The molecule has 0 unspecified atom stereocenters. The van der Waals surface area contributed by atoms with Crippen LogP contribution in [0.2, 0.25) is 0 Å². The van der Waals surface area contributed by atoms with E-state index in [9.17, 15) is 9.18 Å². The number of nitrogens with zero attached hydrogens (tertiary/aromatic N) is 2. The van der Waals surface area contributed by atoms with Gasteiger partial charge in [0.15, 0.2) is 5.78 Å². The number of methoxy groups -OCH3 is 1. The number of halogens is 1. The van der Waals surface area contributed by atoms with E-state index in [1.165, 1.54) is 12.1 Å². The molecule has 5 heteroatoms. The minimum atomic E-state index is -0.289. The third kappa shape index (κ3) is 3.80. The molecule has 0 bridgehead atoms. The lowest BCUT2D eigenvalue weighted by Gasteiger charge is -2.11. The lowest BCUT2D eigenvalue weighted by Crippen LogP contribution is -2.03. The minimum absolute atomic E-state index is 0.109. The number of imidazole rings is 1. The number of aromatic nitrogens is 2. The lowest BCUT2D eigenvalue weighted by atomic mass is 9.99. The SMILES string of the molecule is COc1cc(C(=O)c2ccc(-c3cccc(F)c3)cc2)ccc1-n1cnc(C)c1. The second-order valence-electron chi connectivity index (χ2n) is 6.73. The molecule has 4 nitrogen and oxygen atoms in total. The molecule has 0 atom stereocenters. The van der Waals surface area contributed by atoms with E-state index < -0.39 is 0 Å². The van der Waals surface area contributed by atoms with Crippen molar-refractivity contribution in [3.63, 3.8) is 0 Å². The second kappa shape index (κ2) is 7.72. The van der Waals surface area contributed by atoms with Gasteiger partial charge in [-0.1, -0.05) is 36.4 Å². The Morgan fingerprint density at radius 1 is 0.966 bits per heavy atom. The molecular formula is C24H19FN2O2. The fourth-order valence-electron chi connectivity index (χ4n) is 3.23. The molecule has 4 aromatic rings. The van der Waals surface area contributed by atoms with E-state index in [0.29, 0.717) is 16.9 Å². The number of rotatable bonds is 5. The molecule has 0 spiro atoms. The van der Waals surface area contributed by atoms with Crippen LogP contribution in [0.4, 0.5) is 4.39 Å². The third-order valence-corrected chi connectivity index (χ3v) is 4.74. The van der Waals surface area contributed by atoms with E-state index in [4.69, 9.17) is 4.74 Å². The molecule has 0 radical (unpaired) electrons. The van der Waals surface area contributed by atoms with Gasteiger partial charge in [0.25, 0.3) is 0 Å². The average molecular weight is 386 g/mol. The lowest BCUT2D eigenvalue weighted by molar-refractivity contribution is 0.103. The first-order valence-electron chi connectivity index (χ1n) is 9.15. The summed E-state index contributed by atoms with van der Waals surface area (Å²) in [5, 5.41) is 0. The van der Waals surface area contributed by atoms with Crippen molar-refractivity contribution in [2.45, 2.75) is 6.92 Å². The van der Waals surface area contributed by atoms with E-state index in [0.717, 1.165) is 22.5 Å². The van der Waals surface area contributed by atoms with Gasteiger partial charge in [-0.05, 0) is 48.4 Å². The Morgan fingerprint density at radius 3 is 2.38 bits per heavy atom. The number of aryl methyl sites for hydroxylation is 1. The van der Waals surface area contributed by atoms with Gasteiger partial charge in [0.1, 0.15) is 11.6 Å². The van der Waals surface area contributed by atoms with Crippen LogP contribution in [0.25, 0.3) is 16.8 Å². The maximum Gasteiger partial charge on any atom is 0.193 e. The molecular weight excluding hydrogens is 367 g/mol. The Bertz CT molecular complexity index is 1180. The summed E-state index contributed by atoms with van der Waals surface area (Å²) in [4.78, 5) is 17.2. The van der Waals surface area contributed by atoms with Gasteiger partial charge in [-0.25, -0.2) is 9.37 Å². The molecule has 0 saturated carbocycles. The van der Waals surface area contributed by atoms with Gasteiger partial charge in [-0.3, -0.25) is 4.79 Å². The predicted molar refractivity (Wildman–Crippen MR) is 110 cm³/mol. The molecule has 0 fully saturated rings. The van der Waals surface area contributed by atoms with E-state index in [-0.39, 0.29) is 11.6 Å². The topological polar surface area (TPSA) is 44.1 Å². The number of carbonyl (C=O) groups is 1. The van der Waals surface area contributed by atoms with Crippen LogP contribution in [-0.2, 0) is 0 Å². The summed E-state index contributed by atoms with van der Waals surface area (Å²) in [6.07, 6.45) is 3.60. The normalized spacial score (nSPS) is 10.7. The van der Waals surface area contributed by atoms with E-state index in [2.05, 4.69) is 4.98 Å². The summed E-state index contributed by atoms with van der Waals surface area (Å²) < 4.78 is 20.8. The van der Waals surface area contributed by atoms with Crippen molar-refractivity contribution in [1.82, 2.24) is 9.55 Å². The van der Waals surface area contributed by atoms with Crippen molar-refractivity contribution >= 4 is 5.78 Å². The highest BCUT2D eigenvalue weighted by molar-refractivity contribution is 6.09. The number of ether oxygens (including phenoxy) is 1. The summed E-state index contributed by atoms with van der Waals surface area (Å²) in [6.45, 7) is 1.91. The highest BCUT2D eigenvalue weighted by Gasteiger charge is 2.14. The molecule has 0 aliphatic rings. The monoisotopic (exact) mass is 386 g/mol. The van der Waals surface area contributed by atoms with Gasteiger partial charge in [-0.2, -0.15) is 0 Å². The van der Waals surface area contributed by atoms with Gasteiger partial charge in [0.2, 0.25) is 0 Å². The largest absolute Gasteiger partial charge is 0.495 e. The van der Waals surface area contributed by atoms with Gasteiger partial charge >= 0.3 is 0 Å². The fourth-order valence-corrected chi connectivity index (χ4v) is 3.23. The zero-order valence-electron chi connectivity index (χ0n) is 16.1. The summed E-state index contributed by atoms with van der Waals surface area (Å²) in [7, 11) is 1.57. The van der Waals surface area contributed by atoms with Crippen molar-refractivity contribution in [3.8, 4) is 22.6 Å². The fraction of sp³-hybridized carbons (Fsp3) is 0.0833. The molecule has 4 rings (SSSR count). The molecule has 1 aromatic heterocycles. The molecule has 1 heterocycles. The molecule has 144 valence electrons. The number of hydrogen-bond acceptors (Lipinski definition) is 3. The molecule has 0 N–H and O–H groups in total. The van der Waals surface area contributed by atoms with Crippen LogP contribution >= 0.6 is 0 Å². The van der Waals surface area contributed by atoms with Crippen molar-refractivity contribution in [1.29, 1.82) is 0 Å². The zero-order valence-corrected chi connectivity index (χ0v) is 16.1. The number of benzene rings is 3. The van der Waals surface area contributed by atoms with Crippen LogP contribution in [0.3, 0.4) is 0 Å². The molecule has 0 aliphatic carbocycles. The molecule has 0 aliphatic heterocycles. The van der Waals surface area contributed by atoms with Gasteiger partial charge in [-0.15, -0.1) is 0 Å². The van der Waals surface area contributed by atoms with Crippen molar-refractivity contribution in [2.75, 3.05) is 7.11 Å². The Hall–Kier alpha value is -3.73. The van der Waals surface area contributed by atoms with Gasteiger partial charge in [0.05, 0.1) is 24.8 Å². The number of ketones is 1. The quantitative estimate of drug-likeness (QED) is 0.441. The average Bonchev–Trinajstić information content (AvgIpc) is 3.19. The van der Waals surface area contributed by atoms with Crippen LogP contribution in [-0.4, -0.2) is 22.4 Å². The highest BCUT2D eigenvalue weighted by atomic mass is 19.1. The highest BCUT2D eigenvalue weighted by Crippen LogP contribution is 2.27. The minimum Gasteiger partial charge on any atom is -0.495 e. The first-order valence-corrected chi connectivity index (χ1v) is 9.15. The maximum absolute atomic E-state index is 13.4. The zero-order chi connectivity index (χ0) is 20.4. The van der Waals surface area contributed by atoms with Gasteiger partial charge in [0, 0.05) is 17.3 Å². The number of hydrogen-bond donors (Lipinski definition) is 0. The van der Waals surface area contributed by atoms with Crippen molar-refractivity contribution in [2.24, 2.45) is 0 Å². The summed E-state index contributed by atoms with van der Waals surface area (Å²) in [5.74, 6) is 0.190. The smallest absolute Gasteiger partial charge is 0.193 e. The molecule has 0 saturated heterocycles. The van der Waals surface area contributed by atoms with E-state index in [1.807, 2.05) is 42.0 Å². The number of carbonyl (C=O) groups excluding carboxylic acids is 1. The van der Waals surface area contributed by atoms with Crippen LogP contribution in [0.5, 0.6) is 5.75 Å². The first-order chi connectivity index (χ1) is 14.0. The van der Waals surface area contributed by atoms with Gasteiger partial charge < -0.3 is 9.30 Å². The first kappa shape index (κ1) is 18.6. The molecule has 0 amide bonds. The predicted octanol–water partition coefficient (Wildman–Crippen LogP) is 5.23.